The van der Waals surface area contributed by atoms with E-state index in [0.29, 0.717) is 54.6 Å². The summed E-state index contributed by atoms with van der Waals surface area (Å²) in [7, 11) is 0. The first kappa shape index (κ1) is 18.1. The van der Waals surface area contributed by atoms with Crippen molar-refractivity contribution in [3.63, 3.8) is 0 Å². The molecule has 4 rings (SSSR count). The summed E-state index contributed by atoms with van der Waals surface area (Å²) in [6, 6.07) is 14.9. The van der Waals surface area contributed by atoms with Gasteiger partial charge >= 0.3 is 0 Å². The number of hydrogen-bond donors (Lipinski definition) is 1. The fraction of sp³-hybridized carbons (Fsp3) is 0.318. The first-order valence-corrected chi connectivity index (χ1v) is 9.50. The highest BCUT2D eigenvalue weighted by Crippen LogP contribution is 2.29. The summed E-state index contributed by atoms with van der Waals surface area (Å²) in [6.45, 7) is 2.22. The minimum Gasteiger partial charge on any atom is -0.491 e. The number of carbonyl (C=O) groups excluding carboxylic acids is 2. The van der Waals surface area contributed by atoms with Crippen LogP contribution in [0.3, 0.4) is 0 Å². The van der Waals surface area contributed by atoms with Gasteiger partial charge in [0.1, 0.15) is 12.4 Å². The van der Waals surface area contributed by atoms with Crippen LogP contribution in [0.1, 0.15) is 50.6 Å². The Balaban J connectivity index is 1.44. The molecule has 0 radical (unpaired) electrons. The van der Waals surface area contributed by atoms with E-state index in [0.717, 1.165) is 12.8 Å². The maximum absolute atomic E-state index is 12.9. The average molecular weight is 375 g/mol. The van der Waals surface area contributed by atoms with Gasteiger partial charge in [0, 0.05) is 18.7 Å². The second-order valence-corrected chi connectivity index (χ2v) is 7.12. The van der Waals surface area contributed by atoms with Crippen LogP contribution in [-0.4, -0.2) is 43.0 Å². The van der Waals surface area contributed by atoms with Crippen molar-refractivity contribution < 1.29 is 14.3 Å². The molecule has 2 aromatic rings. The second-order valence-electron chi connectivity index (χ2n) is 7.12. The third kappa shape index (κ3) is 3.56. The van der Waals surface area contributed by atoms with E-state index >= 15 is 0 Å². The molecule has 0 aliphatic carbocycles. The number of nitrogens with one attached hydrogen (secondary N) is 1. The molecule has 2 aliphatic rings. The summed E-state index contributed by atoms with van der Waals surface area (Å²) >= 11 is 0. The number of hydrogen-bond acceptors (Lipinski definition) is 4. The monoisotopic (exact) mass is 375 g/mol. The summed E-state index contributed by atoms with van der Waals surface area (Å²) in [5.74, 6) is 0.647. The Labute approximate surface area is 163 Å². The van der Waals surface area contributed by atoms with E-state index < -0.39 is 0 Å². The molecular weight excluding hydrogens is 354 g/mol. The van der Waals surface area contributed by atoms with Gasteiger partial charge in [-0.25, -0.2) is 0 Å². The molecule has 0 saturated carbocycles. The molecule has 2 aliphatic heterocycles. The van der Waals surface area contributed by atoms with Crippen molar-refractivity contribution in [3.05, 3.63) is 64.7 Å². The number of rotatable bonds is 2. The highest BCUT2D eigenvalue weighted by molar-refractivity contribution is 6.01. The molecule has 6 nitrogen and oxygen atoms in total. The Hall–Kier alpha value is -3.33. The molecule has 1 N–H and O–H groups in total. The molecule has 0 unspecified atom stereocenters. The standard InChI is InChI=1S/C22H21N3O3/c23-14-15-1-3-16(4-2-15)17-7-10-25(11-8-17)22(27)18-5-6-20-19(13-18)21(26)24-9-12-28-20/h1-6,13,17H,7-12H2,(H,24,26). The third-order valence-electron chi connectivity index (χ3n) is 5.41. The Morgan fingerprint density at radius 3 is 2.61 bits per heavy atom. The number of nitriles is 1. The Morgan fingerprint density at radius 1 is 1.14 bits per heavy atom. The average Bonchev–Trinajstić information content (AvgIpc) is 2.94. The van der Waals surface area contributed by atoms with Crippen molar-refractivity contribution in [1.82, 2.24) is 10.2 Å². The van der Waals surface area contributed by atoms with Gasteiger partial charge in [-0.2, -0.15) is 5.26 Å². The number of carbonyl (C=O) groups is 2. The maximum atomic E-state index is 12.9. The number of nitrogens with zero attached hydrogens (tertiary/aromatic N) is 2. The number of amides is 2. The summed E-state index contributed by atoms with van der Waals surface area (Å²) in [5.41, 5.74) is 2.80. The highest BCUT2D eigenvalue weighted by Gasteiger charge is 2.26. The normalized spacial score (nSPS) is 17.0. The number of piperidine rings is 1. The van der Waals surface area contributed by atoms with Crippen LogP contribution >= 0.6 is 0 Å². The molecule has 1 fully saturated rings. The molecule has 142 valence electrons. The first-order valence-electron chi connectivity index (χ1n) is 9.50. The van der Waals surface area contributed by atoms with E-state index in [-0.39, 0.29) is 11.8 Å². The van der Waals surface area contributed by atoms with Gasteiger partial charge in [0.25, 0.3) is 11.8 Å². The largest absolute Gasteiger partial charge is 0.491 e. The molecule has 0 aromatic heterocycles. The van der Waals surface area contributed by atoms with E-state index in [4.69, 9.17) is 10.00 Å². The number of likely N-dealkylation sites (tertiary alicyclic amines) is 1. The van der Waals surface area contributed by atoms with Crippen molar-refractivity contribution in [1.29, 1.82) is 5.26 Å². The summed E-state index contributed by atoms with van der Waals surface area (Å²) in [6.07, 6.45) is 1.76. The fourth-order valence-corrected chi connectivity index (χ4v) is 3.82. The third-order valence-corrected chi connectivity index (χ3v) is 5.41. The van der Waals surface area contributed by atoms with Crippen molar-refractivity contribution in [2.75, 3.05) is 26.2 Å². The summed E-state index contributed by atoms with van der Waals surface area (Å²) < 4.78 is 5.55. The lowest BCUT2D eigenvalue weighted by Gasteiger charge is -2.32. The molecular formula is C22H21N3O3. The Kier molecular flexibility index (Phi) is 4.98. The van der Waals surface area contributed by atoms with Gasteiger partial charge < -0.3 is 15.0 Å². The Bertz CT molecular complexity index is 938. The van der Waals surface area contributed by atoms with Gasteiger partial charge in [-0.15, -0.1) is 0 Å². The van der Waals surface area contributed by atoms with Crippen LogP contribution in [0.5, 0.6) is 5.75 Å². The van der Waals surface area contributed by atoms with E-state index in [1.165, 1.54) is 5.56 Å². The predicted octanol–water partition coefficient (Wildman–Crippen LogP) is 2.70. The molecule has 28 heavy (non-hydrogen) atoms. The number of ether oxygens (including phenoxy) is 1. The zero-order valence-electron chi connectivity index (χ0n) is 15.5. The lowest BCUT2D eigenvalue weighted by Crippen LogP contribution is -2.38. The van der Waals surface area contributed by atoms with Crippen LogP contribution in [0.2, 0.25) is 0 Å². The van der Waals surface area contributed by atoms with Gasteiger partial charge in [0.15, 0.2) is 0 Å². The SMILES string of the molecule is N#Cc1ccc(C2CCN(C(=O)c3ccc4c(c3)C(=O)NCCO4)CC2)cc1. The molecule has 1 saturated heterocycles. The van der Waals surface area contributed by atoms with Gasteiger partial charge in [0.2, 0.25) is 0 Å². The van der Waals surface area contributed by atoms with Crippen LogP contribution in [0.25, 0.3) is 0 Å². The lowest BCUT2D eigenvalue weighted by atomic mass is 9.89. The maximum Gasteiger partial charge on any atom is 0.255 e. The molecule has 2 aromatic carbocycles. The van der Waals surface area contributed by atoms with Gasteiger partial charge in [-0.1, -0.05) is 12.1 Å². The van der Waals surface area contributed by atoms with E-state index in [1.54, 1.807) is 18.2 Å². The molecule has 2 heterocycles. The smallest absolute Gasteiger partial charge is 0.255 e. The van der Waals surface area contributed by atoms with Crippen LogP contribution in [0.4, 0.5) is 0 Å². The van der Waals surface area contributed by atoms with E-state index in [1.807, 2.05) is 29.2 Å². The number of fused-ring (bicyclic) bond motifs is 1. The van der Waals surface area contributed by atoms with Crippen molar-refractivity contribution >= 4 is 11.8 Å². The first-order chi connectivity index (χ1) is 13.7. The van der Waals surface area contributed by atoms with Crippen LogP contribution in [-0.2, 0) is 0 Å². The van der Waals surface area contributed by atoms with Crippen LogP contribution in [0.15, 0.2) is 42.5 Å². The highest BCUT2D eigenvalue weighted by atomic mass is 16.5. The molecule has 6 heteroatoms. The minimum atomic E-state index is -0.207. The molecule has 0 spiro atoms. The van der Waals surface area contributed by atoms with Crippen molar-refractivity contribution in [3.8, 4) is 11.8 Å². The quantitative estimate of drug-likeness (QED) is 0.875. The predicted molar refractivity (Wildman–Crippen MR) is 103 cm³/mol. The summed E-state index contributed by atoms with van der Waals surface area (Å²) in [4.78, 5) is 26.9. The minimum absolute atomic E-state index is 0.0573. The zero-order chi connectivity index (χ0) is 19.5. The fourth-order valence-electron chi connectivity index (χ4n) is 3.82. The zero-order valence-corrected chi connectivity index (χ0v) is 15.5. The molecule has 0 bridgehead atoms. The van der Waals surface area contributed by atoms with Gasteiger partial charge in [-0.05, 0) is 54.7 Å². The van der Waals surface area contributed by atoms with Crippen molar-refractivity contribution in [2.24, 2.45) is 0 Å². The van der Waals surface area contributed by atoms with Crippen LogP contribution in [0, 0.1) is 11.3 Å². The second kappa shape index (κ2) is 7.73. The topological polar surface area (TPSA) is 82.4 Å². The molecule has 2 amide bonds. The van der Waals surface area contributed by atoms with E-state index in [9.17, 15) is 9.59 Å². The molecule has 0 atom stereocenters. The Morgan fingerprint density at radius 2 is 1.89 bits per heavy atom. The lowest BCUT2D eigenvalue weighted by molar-refractivity contribution is 0.0713. The number of benzene rings is 2. The van der Waals surface area contributed by atoms with E-state index in [2.05, 4.69) is 11.4 Å². The van der Waals surface area contributed by atoms with Crippen LogP contribution < -0.4 is 10.1 Å². The van der Waals surface area contributed by atoms with Gasteiger partial charge in [0.05, 0.1) is 23.7 Å². The van der Waals surface area contributed by atoms with Gasteiger partial charge in [-0.3, -0.25) is 9.59 Å². The summed E-state index contributed by atoms with van der Waals surface area (Å²) in [5, 5.41) is 11.7. The van der Waals surface area contributed by atoms with Crippen molar-refractivity contribution in [2.45, 2.75) is 18.8 Å².